The summed E-state index contributed by atoms with van der Waals surface area (Å²) in [5.41, 5.74) is 1.10. The van der Waals surface area contributed by atoms with Crippen molar-refractivity contribution < 1.29 is 0 Å². The molecule has 0 aliphatic heterocycles. The van der Waals surface area contributed by atoms with Crippen molar-refractivity contribution >= 4 is 44.1 Å². The maximum absolute atomic E-state index is 6.44. The minimum Gasteiger partial charge on any atom is -0.368 e. The molecule has 1 unspecified atom stereocenters. The second kappa shape index (κ2) is 6.46. The van der Waals surface area contributed by atoms with Gasteiger partial charge in [-0.15, -0.1) is 11.6 Å². The average molecular weight is 362 g/mol. The lowest BCUT2D eigenvalue weighted by Crippen LogP contribution is -2.09. The maximum Gasteiger partial charge on any atom is 0.133 e. The first-order chi connectivity index (χ1) is 10.3. The lowest BCUT2D eigenvalue weighted by molar-refractivity contribution is 0.970. The zero-order chi connectivity index (χ0) is 14.7. The average Bonchev–Trinajstić information content (AvgIpc) is 2.54. The van der Waals surface area contributed by atoms with Crippen molar-refractivity contribution in [2.75, 3.05) is 11.9 Å². The third kappa shape index (κ3) is 3.20. The molecule has 3 aromatic rings. The number of fused-ring (bicyclic) bond motifs is 1. The van der Waals surface area contributed by atoms with Gasteiger partial charge in [-0.3, -0.25) is 0 Å². The predicted octanol–water partition coefficient (Wildman–Crippen LogP) is 5.39. The molecule has 0 amide bonds. The van der Waals surface area contributed by atoms with E-state index in [4.69, 9.17) is 11.6 Å². The summed E-state index contributed by atoms with van der Waals surface area (Å²) in [5, 5.41) is 5.49. The molecule has 0 aliphatic rings. The van der Waals surface area contributed by atoms with Crippen LogP contribution in [0, 0.1) is 0 Å². The maximum atomic E-state index is 6.44. The van der Waals surface area contributed by atoms with Crippen molar-refractivity contribution in [3.63, 3.8) is 0 Å². The first kappa shape index (κ1) is 14.4. The number of alkyl halides is 1. The molecule has 0 radical (unpaired) electrons. The van der Waals surface area contributed by atoms with Crippen LogP contribution in [0.15, 0.2) is 65.3 Å². The quantitative estimate of drug-likeness (QED) is 0.630. The van der Waals surface area contributed by atoms with E-state index in [9.17, 15) is 0 Å². The fourth-order valence-corrected chi connectivity index (χ4v) is 3.00. The van der Waals surface area contributed by atoms with Crippen LogP contribution in [0.2, 0.25) is 0 Å². The highest BCUT2D eigenvalue weighted by molar-refractivity contribution is 9.10. The Balaban J connectivity index is 1.81. The van der Waals surface area contributed by atoms with E-state index in [-0.39, 0.29) is 5.38 Å². The predicted molar refractivity (Wildman–Crippen MR) is 93.0 cm³/mol. The Morgan fingerprint density at radius 3 is 2.62 bits per heavy atom. The van der Waals surface area contributed by atoms with Gasteiger partial charge in [-0.25, -0.2) is 4.98 Å². The lowest BCUT2D eigenvalue weighted by Gasteiger charge is -2.13. The lowest BCUT2D eigenvalue weighted by atomic mass is 10.1. The second-order valence-electron chi connectivity index (χ2n) is 4.75. The molecule has 0 saturated carbocycles. The van der Waals surface area contributed by atoms with Gasteiger partial charge in [0.1, 0.15) is 5.82 Å². The van der Waals surface area contributed by atoms with Gasteiger partial charge >= 0.3 is 0 Å². The molecule has 2 nitrogen and oxygen atoms in total. The van der Waals surface area contributed by atoms with Crippen molar-refractivity contribution in [2.45, 2.75) is 5.38 Å². The number of hydrogen-bond donors (Lipinski definition) is 1. The third-order valence-corrected chi connectivity index (χ3v) is 4.46. The normalized spacial score (nSPS) is 12.3. The number of nitrogens with one attached hydrogen (secondary N) is 1. The molecule has 3 rings (SSSR count). The van der Waals surface area contributed by atoms with E-state index in [2.05, 4.69) is 32.3 Å². The van der Waals surface area contributed by atoms with Crippen LogP contribution in [0.3, 0.4) is 0 Å². The topological polar surface area (TPSA) is 24.9 Å². The van der Waals surface area contributed by atoms with Gasteiger partial charge in [0.05, 0.1) is 5.38 Å². The number of anilines is 1. The second-order valence-corrected chi connectivity index (χ2v) is 6.13. The number of hydrogen-bond acceptors (Lipinski definition) is 2. The highest BCUT2D eigenvalue weighted by Crippen LogP contribution is 2.28. The monoisotopic (exact) mass is 360 g/mol. The van der Waals surface area contributed by atoms with Crippen LogP contribution in [-0.4, -0.2) is 11.5 Å². The zero-order valence-electron chi connectivity index (χ0n) is 11.3. The summed E-state index contributed by atoms with van der Waals surface area (Å²) < 4.78 is 1.07. The van der Waals surface area contributed by atoms with Gasteiger partial charge in [0.25, 0.3) is 0 Å². The largest absolute Gasteiger partial charge is 0.368 e. The van der Waals surface area contributed by atoms with Crippen LogP contribution < -0.4 is 5.32 Å². The van der Waals surface area contributed by atoms with Gasteiger partial charge in [-0.1, -0.05) is 58.4 Å². The van der Waals surface area contributed by atoms with Crippen molar-refractivity contribution in [1.82, 2.24) is 4.98 Å². The minimum atomic E-state index is -0.0876. The van der Waals surface area contributed by atoms with E-state index >= 15 is 0 Å². The third-order valence-electron chi connectivity index (χ3n) is 3.36. The SMILES string of the molecule is ClC(CNc1nccc2c(Br)cccc12)c1ccccc1. The summed E-state index contributed by atoms with van der Waals surface area (Å²) in [6.45, 7) is 0.629. The Morgan fingerprint density at radius 2 is 1.81 bits per heavy atom. The Labute approximate surface area is 137 Å². The van der Waals surface area contributed by atoms with Gasteiger partial charge in [0.15, 0.2) is 0 Å². The van der Waals surface area contributed by atoms with E-state index in [0.717, 1.165) is 26.6 Å². The number of benzene rings is 2. The molecule has 0 spiro atoms. The molecule has 1 heterocycles. The summed E-state index contributed by atoms with van der Waals surface area (Å²) in [6, 6.07) is 18.1. The van der Waals surface area contributed by atoms with E-state index in [0.29, 0.717) is 6.54 Å². The van der Waals surface area contributed by atoms with Crippen LogP contribution in [0.4, 0.5) is 5.82 Å². The van der Waals surface area contributed by atoms with Gasteiger partial charge in [0.2, 0.25) is 0 Å². The van der Waals surface area contributed by atoms with Crippen LogP contribution >= 0.6 is 27.5 Å². The molecule has 4 heteroatoms. The van der Waals surface area contributed by atoms with E-state index in [1.165, 1.54) is 0 Å². The van der Waals surface area contributed by atoms with Crippen LogP contribution in [0.5, 0.6) is 0 Å². The summed E-state index contributed by atoms with van der Waals surface area (Å²) >= 11 is 10.0. The molecule has 0 fully saturated rings. The Hall–Kier alpha value is -1.58. The van der Waals surface area contributed by atoms with Gasteiger partial charge < -0.3 is 5.32 Å². The van der Waals surface area contributed by atoms with E-state index in [1.807, 2.05) is 48.5 Å². The van der Waals surface area contributed by atoms with Crippen molar-refractivity contribution in [3.05, 3.63) is 70.8 Å². The summed E-state index contributed by atoms with van der Waals surface area (Å²) in [6.07, 6.45) is 1.81. The molecule has 0 saturated heterocycles. The van der Waals surface area contributed by atoms with Crippen LogP contribution in [0.1, 0.15) is 10.9 Å². The highest BCUT2D eigenvalue weighted by Gasteiger charge is 2.09. The molecule has 1 N–H and O–H groups in total. The highest BCUT2D eigenvalue weighted by atomic mass is 79.9. The molecule has 106 valence electrons. The number of pyridine rings is 1. The molecule has 1 aromatic heterocycles. The minimum absolute atomic E-state index is 0.0876. The first-order valence-electron chi connectivity index (χ1n) is 6.72. The van der Waals surface area contributed by atoms with Gasteiger partial charge in [-0.2, -0.15) is 0 Å². The molecule has 2 aromatic carbocycles. The summed E-state index contributed by atoms with van der Waals surface area (Å²) in [4.78, 5) is 4.42. The van der Waals surface area contributed by atoms with Crippen molar-refractivity contribution in [1.29, 1.82) is 0 Å². The molecule has 0 aliphatic carbocycles. The molecular formula is C17H14BrClN2. The van der Waals surface area contributed by atoms with Gasteiger partial charge in [0, 0.05) is 28.0 Å². The van der Waals surface area contributed by atoms with Crippen molar-refractivity contribution in [3.8, 4) is 0 Å². The summed E-state index contributed by atoms with van der Waals surface area (Å²) in [5.74, 6) is 0.857. The van der Waals surface area contributed by atoms with Gasteiger partial charge in [-0.05, 0) is 17.7 Å². The first-order valence-corrected chi connectivity index (χ1v) is 7.95. The van der Waals surface area contributed by atoms with E-state index in [1.54, 1.807) is 6.20 Å². The number of aromatic nitrogens is 1. The molecular weight excluding hydrogens is 348 g/mol. The Morgan fingerprint density at radius 1 is 1.00 bits per heavy atom. The Bertz CT molecular complexity index is 746. The standard InChI is InChI=1S/C17H14BrClN2/c18-15-8-4-7-14-13(15)9-10-20-17(14)21-11-16(19)12-5-2-1-3-6-12/h1-10,16H,11H2,(H,20,21). The fourth-order valence-electron chi connectivity index (χ4n) is 2.28. The molecule has 21 heavy (non-hydrogen) atoms. The van der Waals surface area contributed by atoms with Crippen molar-refractivity contribution in [2.24, 2.45) is 0 Å². The zero-order valence-corrected chi connectivity index (χ0v) is 13.6. The van der Waals surface area contributed by atoms with E-state index < -0.39 is 0 Å². The van der Waals surface area contributed by atoms with Crippen LogP contribution in [0.25, 0.3) is 10.8 Å². The molecule has 0 bridgehead atoms. The number of rotatable bonds is 4. The number of nitrogens with zero attached hydrogens (tertiary/aromatic N) is 1. The van der Waals surface area contributed by atoms with Crippen LogP contribution in [-0.2, 0) is 0 Å². The Kier molecular flexibility index (Phi) is 4.42. The fraction of sp³-hybridized carbons (Fsp3) is 0.118. The summed E-state index contributed by atoms with van der Waals surface area (Å²) in [7, 11) is 0. The smallest absolute Gasteiger partial charge is 0.133 e. The number of halogens is 2. The molecule has 1 atom stereocenters.